The van der Waals surface area contributed by atoms with Crippen molar-refractivity contribution in [3.63, 3.8) is 0 Å². The Bertz CT molecular complexity index is 660. The maximum atomic E-state index is 11.8. The zero-order chi connectivity index (χ0) is 15.9. The smallest absolute Gasteiger partial charge is 0.408 e. The molecule has 2 aromatic rings. The number of hydrogen-bond donors (Lipinski definition) is 2. The number of ether oxygens (including phenoxy) is 1. The molecule has 0 radical (unpaired) electrons. The summed E-state index contributed by atoms with van der Waals surface area (Å²) in [6.07, 6.45) is -0.823. The Morgan fingerprint density at radius 2 is 1.73 bits per heavy atom. The van der Waals surface area contributed by atoms with Gasteiger partial charge in [-0.05, 0) is 11.6 Å². The van der Waals surface area contributed by atoms with Crippen molar-refractivity contribution in [3.8, 4) is 0 Å². The number of carbonyl (C=O) groups excluding carboxylic acids is 1. The first-order chi connectivity index (χ1) is 10.6. The van der Waals surface area contributed by atoms with Crippen LogP contribution in [0.2, 0.25) is 5.02 Å². The second-order valence-electron chi connectivity index (χ2n) is 4.50. The summed E-state index contributed by atoms with van der Waals surface area (Å²) in [5.41, 5.74) is 1.11. The van der Waals surface area contributed by atoms with Gasteiger partial charge in [0.1, 0.15) is 6.61 Å². The molecule has 0 aliphatic rings. The van der Waals surface area contributed by atoms with Crippen LogP contribution < -0.4 is 5.32 Å². The molecule has 0 spiro atoms. The predicted molar refractivity (Wildman–Crippen MR) is 81.6 cm³/mol. The summed E-state index contributed by atoms with van der Waals surface area (Å²) >= 11 is 5.96. The normalized spacial score (nSPS) is 11.5. The summed E-state index contributed by atoms with van der Waals surface area (Å²) < 4.78 is 5.01. The number of halogens is 1. The molecule has 0 unspecified atom stereocenters. The van der Waals surface area contributed by atoms with E-state index < -0.39 is 18.1 Å². The summed E-state index contributed by atoms with van der Waals surface area (Å²) in [4.78, 5) is 23.1. The van der Waals surface area contributed by atoms with Crippen molar-refractivity contribution in [2.24, 2.45) is 0 Å². The number of alkyl carbamates (subject to hydrolysis) is 1. The summed E-state index contributed by atoms with van der Waals surface area (Å²) in [7, 11) is 0. The van der Waals surface area contributed by atoms with Crippen LogP contribution >= 0.6 is 11.6 Å². The van der Waals surface area contributed by atoms with Crippen molar-refractivity contribution in [2.75, 3.05) is 0 Å². The third-order valence-corrected chi connectivity index (χ3v) is 3.28. The second kappa shape index (κ2) is 7.47. The van der Waals surface area contributed by atoms with E-state index in [4.69, 9.17) is 16.3 Å². The number of benzene rings is 2. The van der Waals surface area contributed by atoms with Gasteiger partial charge in [0.25, 0.3) is 0 Å². The maximum Gasteiger partial charge on any atom is 0.408 e. The van der Waals surface area contributed by atoms with Crippen molar-refractivity contribution in [2.45, 2.75) is 12.6 Å². The van der Waals surface area contributed by atoms with E-state index in [0.29, 0.717) is 5.56 Å². The molecule has 22 heavy (non-hydrogen) atoms. The zero-order valence-corrected chi connectivity index (χ0v) is 12.3. The molecule has 2 N–H and O–H groups in total. The van der Waals surface area contributed by atoms with E-state index in [1.54, 1.807) is 36.4 Å². The highest BCUT2D eigenvalue weighted by molar-refractivity contribution is 6.31. The number of rotatable bonds is 5. The fourth-order valence-electron chi connectivity index (χ4n) is 1.86. The van der Waals surface area contributed by atoms with E-state index in [2.05, 4.69) is 5.32 Å². The molecule has 1 amide bonds. The second-order valence-corrected chi connectivity index (χ2v) is 4.91. The Kier molecular flexibility index (Phi) is 5.38. The number of carboxylic acids is 1. The van der Waals surface area contributed by atoms with Crippen LogP contribution in [0.5, 0.6) is 0 Å². The van der Waals surface area contributed by atoms with Gasteiger partial charge < -0.3 is 15.2 Å². The lowest BCUT2D eigenvalue weighted by atomic mass is 10.1. The molecule has 0 aliphatic carbocycles. The minimum absolute atomic E-state index is 0.0571. The summed E-state index contributed by atoms with van der Waals surface area (Å²) in [6.45, 7) is 0.0571. The Morgan fingerprint density at radius 1 is 1.09 bits per heavy atom. The molecule has 0 saturated carbocycles. The van der Waals surface area contributed by atoms with Crippen LogP contribution in [-0.4, -0.2) is 17.2 Å². The lowest BCUT2D eigenvalue weighted by molar-refractivity contribution is -0.139. The average Bonchev–Trinajstić information content (AvgIpc) is 2.52. The van der Waals surface area contributed by atoms with E-state index in [1.165, 1.54) is 0 Å². The third kappa shape index (κ3) is 4.23. The minimum atomic E-state index is -1.27. The number of carboxylic acid groups (broad SMARTS) is 1. The molecule has 2 rings (SSSR count). The largest absolute Gasteiger partial charge is 0.479 e. The molecule has 0 saturated heterocycles. The van der Waals surface area contributed by atoms with Crippen LogP contribution in [0.25, 0.3) is 0 Å². The number of aliphatic carboxylic acids is 1. The van der Waals surface area contributed by atoms with Gasteiger partial charge in [0, 0.05) is 10.6 Å². The number of carbonyl (C=O) groups is 2. The minimum Gasteiger partial charge on any atom is -0.479 e. The summed E-state index contributed by atoms with van der Waals surface area (Å²) in [6, 6.07) is 14.3. The first-order valence-electron chi connectivity index (χ1n) is 6.52. The number of nitrogens with one attached hydrogen (secondary N) is 1. The van der Waals surface area contributed by atoms with Crippen LogP contribution in [-0.2, 0) is 16.1 Å². The fraction of sp³-hybridized carbons (Fsp3) is 0.125. The SMILES string of the molecule is O=C(N[C@@H](C(=O)O)c1ccccc1Cl)OCc1ccccc1. The van der Waals surface area contributed by atoms with Gasteiger partial charge in [0.15, 0.2) is 6.04 Å². The summed E-state index contributed by atoms with van der Waals surface area (Å²) in [5.74, 6) is -1.22. The lowest BCUT2D eigenvalue weighted by Crippen LogP contribution is -2.34. The van der Waals surface area contributed by atoms with E-state index in [1.807, 2.05) is 18.2 Å². The summed E-state index contributed by atoms with van der Waals surface area (Å²) in [5, 5.41) is 11.8. The van der Waals surface area contributed by atoms with Gasteiger partial charge in [0.05, 0.1) is 0 Å². The molecular weight excluding hydrogens is 306 g/mol. The zero-order valence-electron chi connectivity index (χ0n) is 11.5. The van der Waals surface area contributed by atoms with Crippen molar-refractivity contribution in [1.82, 2.24) is 5.32 Å². The van der Waals surface area contributed by atoms with Gasteiger partial charge in [-0.1, -0.05) is 60.1 Å². The maximum absolute atomic E-state index is 11.8. The van der Waals surface area contributed by atoms with Gasteiger partial charge in [-0.3, -0.25) is 0 Å². The highest BCUT2D eigenvalue weighted by Gasteiger charge is 2.24. The van der Waals surface area contributed by atoms with Gasteiger partial charge in [0.2, 0.25) is 0 Å². The monoisotopic (exact) mass is 319 g/mol. The van der Waals surface area contributed by atoms with Crippen molar-refractivity contribution in [3.05, 3.63) is 70.7 Å². The molecule has 0 aromatic heterocycles. The van der Waals surface area contributed by atoms with Crippen molar-refractivity contribution >= 4 is 23.7 Å². The highest BCUT2D eigenvalue weighted by atomic mass is 35.5. The van der Waals surface area contributed by atoms with E-state index in [-0.39, 0.29) is 11.6 Å². The molecule has 5 nitrogen and oxygen atoms in total. The number of hydrogen-bond acceptors (Lipinski definition) is 3. The average molecular weight is 320 g/mol. The molecular formula is C16H14ClNO4. The fourth-order valence-corrected chi connectivity index (χ4v) is 2.11. The Balaban J connectivity index is 2.01. The van der Waals surface area contributed by atoms with Crippen molar-refractivity contribution < 1.29 is 19.4 Å². The first-order valence-corrected chi connectivity index (χ1v) is 6.90. The van der Waals surface area contributed by atoms with Crippen LogP contribution in [0, 0.1) is 0 Å². The van der Waals surface area contributed by atoms with Crippen LogP contribution in [0.3, 0.4) is 0 Å². The van der Waals surface area contributed by atoms with Crippen LogP contribution in [0.15, 0.2) is 54.6 Å². The first kappa shape index (κ1) is 15.9. The van der Waals surface area contributed by atoms with E-state index in [0.717, 1.165) is 5.56 Å². The number of amides is 1. The van der Waals surface area contributed by atoms with E-state index >= 15 is 0 Å². The molecule has 6 heteroatoms. The Hall–Kier alpha value is -2.53. The Labute approximate surface area is 132 Å². The molecule has 0 aliphatic heterocycles. The van der Waals surface area contributed by atoms with Crippen molar-refractivity contribution in [1.29, 1.82) is 0 Å². The molecule has 1 atom stereocenters. The quantitative estimate of drug-likeness (QED) is 0.885. The van der Waals surface area contributed by atoms with Crippen LogP contribution in [0.4, 0.5) is 4.79 Å². The topological polar surface area (TPSA) is 75.6 Å². The molecule has 2 aromatic carbocycles. The third-order valence-electron chi connectivity index (χ3n) is 2.94. The van der Waals surface area contributed by atoms with Gasteiger partial charge in [-0.2, -0.15) is 0 Å². The van der Waals surface area contributed by atoms with Crippen LogP contribution in [0.1, 0.15) is 17.2 Å². The molecule has 0 heterocycles. The molecule has 114 valence electrons. The highest BCUT2D eigenvalue weighted by Crippen LogP contribution is 2.23. The predicted octanol–water partition coefficient (Wildman–Crippen LogP) is 3.39. The van der Waals surface area contributed by atoms with E-state index in [9.17, 15) is 14.7 Å². The molecule has 0 bridgehead atoms. The Morgan fingerprint density at radius 3 is 2.36 bits per heavy atom. The standard InChI is InChI=1S/C16H14ClNO4/c17-13-9-5-4-8-12(13)14(15(19)20)18-16(21)22-10-11-6-2-1-3-7-11/h1-9,14H,10H2,(H,18,21)(H,19,20)/t14-/m1/s1. The molecule has 0 fully saturated rings. The van der Waals surface area contributed by atoms with Gasteiger partial charge in [-0.25, -0.2) is 9.59 Å². The van der Waals surface area contributed by atoms with Gasteiger partial charge in [-0.15, -0.1) is 0 Å². The lowest BCUT2D eigenvalue weighted by Gasteiger charge is -2.16. The van der Waals surface area contributed by atoms with Gasteiger partial charge >= 0.3 is 12.1 Å².